The number of alkyl carbamates (subject to hydrolysis) is 1. The summed E-state index contributed by atoms with van der Waals surface area (Å²) in [7, 11) is 1.69. The molecule has 0 radical (unpaired) electrons. The molecule has 0 rings (SSSR count). The third-order valence-electron chi connectivity index (χ3n) is 2.43. The molecule has 0 aliphatic carbocycles. The Labute approximate surface area is 134 Å². The zero-order valence-electron chi connectivity index (χ0n) is 14.6. The first-order valence-corrected chi connectivity index (χ1v) is 7.87. The number of nitrogens with zero attached hydrogens (tertiary/aromatic N) is 1. The van der Waals surface area contributed by atoms with Crippen molar-refractivity contribution in [2.75, 3.05) is 39.9 Å². The third kappa shape index (κ3) is 13.5. The molecule has 22 heavy (non-hydrogen) atoms. The highest BCUT2D eigenvalue weighted by Gasteiger charge is 2.15. The van der Waals surface area contributed by atoms with Gasteiger partial charge in [0.15, 0.2) is 5.96 Å². The van der Waals surface area contributed by atoms with Crippen LogP contribution >= 0.6 is 0 Å². The van der Waals surface area contributed by atoms with Gasteiger partial charge < -0.3 is 25.4 Å². The summed E-state index contributed by atoms with van der Waals surface area (Å²) < 4.78 is 10.2. The van der Waals surface area contributed by atoms with E-state index in [2.05, 4.69) is 20.9 Å². The van der Waals surface area contributed by atoms with Crippen molar-refractivity contribution in [2.45, 2.75) is 46.1 Å². The predicted molar refractivity (Wildman–Crippen MR) is 89.3 cm³/mol. The molecule has 0 saturated carbocycles. The lowest BCUT2D eigenvalue weighted by Gasteiger charge is -2.19. The predicted octanol–water partition coefficient (Wildman–Crippen LogP) is 1.49. The third-order valence-corrected chi connectivity index (χ3v) is 2.43. The zero-order chi connectivity index (χ0) is 16.8. The minimum Gasteiger partial charge on any atom is -0.444 e. The molecule has 0 aromatic heterocycles. The molecule has 7 heteroatoms. The van der Waals surface area contributed by atoms with E-state index in [-0.39, 0.29) is 6.09 Å². The molecular weight excluding hydrogens is 284 g/mol. The minimum atomic E-state index is -0.466. The summed E-state index contributed by atoms with van der Waals surface area (Å²) in [4.78, 5) is 15.9. The Hall–Kier alpha value is -1.50. The molecule has 0 unspecified atom stereocenters. The second kappa shape index (κ2) is 12.1. The molecule has 0 saturated heterocycles. The van der Waals surface area contributed by atoms with Crippen LogP contribution in [0.25, 0.3) is 0 Å². The van der Waals surface area contributed by atoms with E-state index in [4.69, 9.17) is 9.47 Å². The van der Waals surface area contributed by atoms with Crippen molar-refractivity contribution in [2.24, 2.45) is 4.99 Å². The summed E-state index contributed by atoms with van der Waals surface area (Å²) in [5.74, 6) is 0.788. The average Bonchev–Trinajstić information content (AvgIpc) is 2.41. The maximum atomic E-state index is 11.5. The molecule has 0 aliphatic heterocycles. The SMILES string of the molecule is CCNC(=NCCCNC(=O)OC(C)(C)C)NCCCOC. The fourth-order valence-electron chi connectivity index (χ4n) is 1.54. The number of rotatable bonds is 9. The van der Waals surface area contributed by atoms with Crippen LogP contribution in [0.1, 0.15) is 40.5 Å². The fourth-order valence-corrected chi connectivity index (χ4v) is 1.54. The zero-order valence-corrected chi connectivity index (χ0v) is 14.6. The van der Waals surface area contributed by atoms with Gasteiger partial charge in [0.1, 0.15) is 5.60 Å². The lowest BCUT2D eigenvalue weighted by molar-refractivity contribution is 0.0527. The number of aliphatic imine (C=N–C) groups is 1. The van der Waals surface area contributed by atoms with Crippen molar-refractivity contribution in [1.82, 2.24) is 16.0 Å². The second-order valence-corrected chi connectivity index (χ2v) is 5.82. The van der Waals surface area contributed by atoms with Crippen molar-refractivity contribution >= 4 is 12.1 Å². The number of hydrogen-bond acceptors (Lipinski definition) is 4. The Morgan fingerprint density at radius 1 is 1.09 bits per heavy atom. The average molecular weight is 316 g/mol. The largest absolute Gasteiger partial charge is 0.444 e. The standard InChI is InChI=1S/C15H32N4O3/c1-6-16-13(18-11-8-12-21-5)17-9-7-10-19-14(20)22-15(2,3)4/h6-12H2,1-5H3,(H,19,20)(H2,16,17,18). The van der Waals surface area contributed by atoms with Gasteiger partial charge in [-0.3, -0.25) is 4.99 Å². The Bertz CT molecular complexity index is 327. The second-order valence-electron chi connectivity index (χ2n) is 5.82. The van der Waals surface area contributed by atoms with Crippen molar-refractivity contribution in [3.05, 3.63) is 0 Å². The summed E-state index contributed by atoms with van der Waals surface area (Å²) >= 11 is 0. The highest BCUT2D eigenvalue weighted by atomic mass is 16.6. The van der Waals surface area contributed by atoms with Gasteiger partial charge in [-0.05, 0) is 40.5 Å². The Kier molecular flexibility index (Phi) is 11.3. The molecule has 0 atom stereocenters. The maximum absolute atomic E-state index is 11.5. The van der Waals surface area contributed by atoms with Gasteiger partial charge in [0, 0.05) is 39.9 Å². The van der Waals surface area contributed by atoms with Crippen LogP contribution in [0.15, 0.2) is 4.99 Å². The van der Waals surface area contributed by atoms with Crippen molar-refractivity contribution in [3.63, 3.8) is 0 Å². The quantitative estimate of drug-likeness (QED) is 0.341. The van der Waals surface area contributed by atoms with E-state index in [1.54, 1.807) is 7.11 Å². The maximum Gasteiger partial charge on any atom is 0.407 e. The van der Waals surface area contributed by atoms with Gasteiger partial charge in [-0.2, -0.15) is 0 Å². The van der Waals surface area contributed by atoms with E-state index in [9.17, 15) is 4.79 Å². The van der Waals surface area contributed by atoms with E-state index >= 15 is 0 Å². The van der Waals surface area contributed by atoms with Crippen LogP contribution in [0, 0.1) is 0 Å². The number of carbonyl (C=O) groups is 1. The van der Waals surface area contributed by atoms with Crippen LogP contribution < -0.4 is 16.0 Å². The van der Waals surface area contributed by atoms with Gasteiger partial charge in [-0.1, -0.05) is 0 Å². The van der Waals surface area contributed by atoms with Gasteiger partial charge in [-0.15, -0.1) is 0 Å². The highest BCUT2D eigenvalue weighted by molar-refractivity contribution is 5.79. The van der Waals surface area contributed by atoms with Crippen LogP contribution in [0.3, 0.4) is 0 Å². The van der Waals surface area contributed by atoms with Crippen LogP contribution in [0.2, 0.25) is 0 Å². The molecule has 7 nitrogen and oxygen atoms in total. The number of methoxy groups -OCH3 is 1. The number of carbonyl (C=O) groups excluding carboxylic acids is 1. The molecule has 3 N–H and O–H groups in total. The van der Waals surface area contributed by atoms with Crippen molar-refractivity contribution in [3.8, 4) is 0 Å². The monoisotopic (exact) mass is 316 g/mol. The molecule has 1 amide bonds. The first-order chi connectivity index (χ1) is 10.4. The lowest BCUT2D eigenvalue weighted by Crippen LogP contribution is -2.38. The molecule has 0 aromatic rings. The first-order valence-electron chi connectivity index (χ1n) is 7.87. The van der Waals surface area contributed by atoms with Crippen LogP contribution in [-0.2, 0) is 9.47 Å². The number of guanidine groups is 1. The summed E-state index contributed by atoms with van der Waals surface area (Å²) in [5, 5.41) is 9.13. The lowest BCUT2D eigenvalue weighted by atomic mass is 10.2. The van der Waals surface area contributed by atoms with Crippen LogP contribution in [0.4, 0.5) is 4.79 Å². The number of ether oxygens (including phenoxy) is 2. The molecular formula is C15H32N4O3. The molecule has 130 valence electrons. The molecule has 0 aromatic carbocycles. The van der Waals surface area contributed by atoms with Gasteiger partial charge in [0.2, 0.25) is 0 Å². The van der Waals surface area contributed by atoms with Gasteiger partial charge in [-0.25, -0.2) is 4.79 Å². The summed E-state index contributed by atoms with van der Waals surface area (Å²) in [5.41, 5.74) is -0.466. The smallest absolute Gasteiger partial charge is 0.407 e. The van der Waals surface area contributed by atoms with Crippen LogP contribution in [-0.4, -0.2) is 57.5 Å². The van der Waals surface area contributed by atoms with Gasteiger partial charge in [0.05, 0.1) is 0 Å². The molecule has 0 heterocycles. The fraction of sp³-hybridized carbons (Fsp3) is 0.867. The highest BCUT2D eigenvalue weighted by Crippen LogP contribution is 2.06. The Balaban J connectivity index is 3.87. The number of amides is 1. The van der Waals surface area contributed by atoms with Crippen molar-refractivity contribution in [1.29, 1.82) is 0 Å². The van der Waals surface area contributed by atoms with Crippen LogP contribution in [0.5, 0.6) is 0 Å². The first kappa shape index (κ1) is 20.5. The van der Waals surface area contributed by atoms with E-state index in [1.807, 2.05) is 27.7 Å². The number of hydrogen-bond donors (Lipinski definition) is 3. The van der Waals surface area contributed by atoms with E-state index in [0.29, 0.717) is 13.1 Å². The molecule has 0 spiro atoms. The van der Waals surface area contributed by atoms with E-state index in [1.165, 1.54) is 0 Å². The molecule has 0 fully saturated rings. The summed E-state index contributed by atoms with van der Waals surface area (Å²) in [6, 6.07) is 0. The Morgan fingerprint density at radius 3 is 2.36 bits per heavy atom. The summed E-state index contributed by atoms with van der Waals surface area (Å²) in [6.45, 7) is 11.1. The van der Waals surface area contributed by atoms with E-state index < -0.39 is 5.60 Å². The normalized spacial score (nSPS) is 12.0. The Morgan fingerprint density at radius 2 is 1.77 bits per heavy atom. The number of nitrogens with one attached hydrogen (secondary N) is 3. The van der Waals surface area contributed by atoms with Gasteiger partial charge >= 0.3 is 6.09 Å². The molecule has 0 aliphatic rings. The van der Waals surface area contributed by atoms with Crippen molar-refractivity contribution < 1.29 is 14.3 Å². The topological polar surface area (TPSA) is 84.0 Å². The summed E-state index contributed by atoms with van der Waals surface area (Å²) in [6.07, 6.45) is 1.30. The van der Waals surface area contributed by atoms with E-state index in [0.717, 1.165) is 38.5 Å². The minimum absolute atomic E-state index is 0.388. The molecule has 0 bridgehead atoms. The van der Waals surface area contributed by atoms with Gasteiger partial charge in [0.25, 0.3) is 0 Å².